The SMILES string of the molecule is CCOC(=O)c1oc(CC(C)CC)nc1C(F)F. The highest BCUT2D eigenvalue weighted by Gasteiger charge is 2.27. The van der Waals surface area contributed by atoms with Crippen LogP contribution in [0, 0.1) is 5.92 Å². The molecule has 1 rings (SSSR count). The minimum atomic E-state index is -2.85. The first-order valence-corrected chi connectivity index (χ1v) is 5.94. The van der Waals surface area contributed by atoms with Gasteiger partial charge in [0.1, 0.15) is 0 Å². The summed E-state index contributed by atoms with van der Waals surface area (Å²) in [7, 11) is 0. The van der Waals surface area contributed by atoms with Crippen molar-refractivity contribution in [3.63, 3.8) is 0 Å². The van der Waals surface area contributed by atoms with Crippen LogP contribution in [0.5, 0.6) is 0 Å². The molecule has 1 aromatic heterocycles. The zero-order valence-corrected chi connectivity index (χ0v) is 10.7. The van der Waals surface area contributed by atoms with Crippen molar-refractivity contribution in [3.8, 4) is 0 Å². The summed E-state index contributed by atoms with van der Waals surface area (Å²) in [5.74, 6) is -0.965. The Bertz CT molecular complexity index is 404. The number of alkyl halides is 2. The molecular formula is C12H17F2NO3. The summed E-state index contributed by atoms with van der Waals surface area (Å²) in [6.45, 7) is 5.63. The highest BCUT2D eigenvalue weighted by atomic mass is 19.3. The van der Waals surface area contributed by atoms with E-state index in [0.717, 1.165) is 6.42 Å². The average Bonchev–Trinajstić information content (AvgIpc) is 2.73. The number of rotatable bonds is 6. The molecule has 0 bridgehead atoms. The lowest BCUT2D eigenvalue weighted by Gasteiger charge is -2.03. The zero-order valence-electron chi connectivity index (χ0n) is 10.7. The van der Waals surface area contributed by atoms with Gasteiger partial charge in [0.2, 0.25) is 5.76 Å². The van der Waals surface area contributed by atoms with Gasteiger partial charge in [-0.15, -0.1) is 0 Å². The predicted octanol–water partition coefficient (Wildman–Crippen LogP) is 3.38. The molecule has 6 heteroatoms. The van der Waals surface area contributed by atoms with E-state index in [2.05, 4.69) is 9.72 Å². The lowest BCUT2D eigenvalue weighted by atomic mass is 10.1. The molecule has 0 saturated heterocycles. The van der Waals surface area contributed by atoms with Crippen molar-refractivity contribution < 1.29 is 22.7 Å². The van der Waals surface area contributed by atoms with E-state index in [4.69, 9.17) is 4.42 Å². The third kappa shape index (κ3) is 3.51. The van der Waals surface area contributed by atoms with Gasteiger partial charge in [0.05, 0.1) is 6.61 Å². The Morgan fingerprint density at radius 1 is 1.44 bits per heavy atom. The number of carbonyl (C=O) groups is 1. The molecular weight excluding hydrogens is 244 g/mol. The van der Waals surface area contributed by atoms with Crippen LogP contribution >= 0.6 is 0 Å². The normalized spacial score (nSPS) is 12.8. The molecule has 0 aliphatic rings. The summed E-state index contributed by atoms with van der Waals surface area (Å²) in [6.07, 6.45) is -1.55. The Labute approximate surface area is 104 Å². The van der Waals surface area contributed by atoms with Crippen molar-refractivity contribution in [1.82, 2.24) is 4.98 Å². The molecule has 0 aliphatic carbocycles. The van der Waals surface area contributed by atoms with Gasteiger partial charge in [0.25, 0.3) is 6.43 Å². The van der Waals surface area contributed by atoms with E-state index in [-0.39, 0.29) is 18.4 Å². The monoisotopic (exact) mass is 261 g/mol. The average molecular weight is 261 g/mol. The van der Waals surface area contributed by atoms with Gasteiger partial charge in [0.15, 0.2) is 11.6 Å². The van der Waals surface area contributed by atoms with Crippen LogP contribution < -0.4 is 0 Å². The van der Waals surface area contributed by atoms with Crippen LogP contribution in [0.15, 0.2) is 4.42 Å². The fourth-order valence-electron chi connectivity index (χ4n) is 1.40. The number of esters is 1. The molecule has 0 radical (unpaired) electrons. The second-order valence-electron chi connectivity index (χ2n) is 4.06. The van der Waals surface area contributed by atoms with Crippen LogP contribution in [0.3, 0.4) is 0 Å². The fraction of sp³-hybridized carbons (Fsp3) is 0.667. The molecule has 0 aliphatic heterocycles. The maximum absolute atomic E-state index is 12.7. The third-order valence-corrected chi connectivity index (χ3v) is 2.59. The Balaban J connectivity index is 2.97. The summed E-state index contributed by atoms with van der Waals surface area (Å²) >= 11 is 0. The first kappa shape index (κ1) is 14.6. The van der Waals surface area contributed by atoms with Gasteiger partial charge in [-0.3, -0.25) is 0 Å². The van der Waals surface area contributed by atoms with Crippen LogP contribution in [-0.2, 0) is 11.2 Å². The van der Waals surface area contributed by atoms with E-state index in [1.54, 1.807) is 6.92 Å². The number of aromatic nitrogens is 1. The van der Waals surface area contributed by atoms with E-state index in [1.807, 2.05) is 13.8 Å². The van der Waals surface area contributed by atoms with Crippen molar-refractivity contribution >= 4 is 5.97 Å². The molecule has 0 fully saturated rings. The summed E-state index contributed by atoms with van der Waals surface area (Å²) in [5, 5.41) is 0. The molecule has 1 unspecified atom stereocenters. The Morgan fingerprint density at radius 2 is 2.11 bits per heavy atom. The van der Waals surface area contributed by atoms with Crippen LogP contribution in [-0.4, -0.2) is 17.6 Å². The lowest BCUT2D eigenvalue weighted by Crippen LogP contribution is -2.06. The second-order valence-corrected chi connectivity index (χ2v) is 4.06. The second kappa shape index (κ2) is 6.47. The van der Waals surface area contributed by atoms with Crippen molar-refractivity contribution in [2.24, 2.45) is 5.92 Å². The minimum Gasteiger partial charge on any atom is -0.460 e. The molecule has 102 valence electrons. The number of hydrogen-bond donors (Lipinski definition) is 0. The Hall–Kier alpha value is -1.46. The molecule has 0 saturated carbocycles. The number of nitrogens with zero attached hydrogens (tertiary/aromatic N) is 1. The molecule has 18 heavy (non-hydrogen) atoms. The Morgan fingerprint density at radius 3 is 2.61 bits per heavy atom. The largest absolute Gasteiger partial charge is 0.460 e. The van der Waals surface area contributed by atoms with Crippen molar-refractivity contribution in [3.05, 3.63) is 17.3 Å². The van der Waals surface area contributed by atoms with Crippen molar-refractivity contribution in [2.45, 2.75) is 40.0 Å². The van der Waals surface area contributed by atoms with E-state index >= 15 is 0 Å². The van der Waals surface area contributed by atoms with Crippen LogP contribution in [0.4, 0.5) is 8.78 Å². The smallest absolute Gasteiger partial charge is 0.376 e. The quantitative estimate of drug-likeness (QED) is 0.737. The topological polar surface area (TPSA) is 52.3 Å². The highest BCUT2D eigenvalue weighted by molar-refractivity contribution is 5.87. The number of halogens is 2. The standard InChI is InChI=1S/C12H17F2NO3/c1-4-7(3)6-8-15-9(11(13)14)10(18-8)12(16)17-5-2/h7,11H,4-6H2,1-3H3. The van der Waals surface area contributed by atoms with Gasteiger partial charge in [0, 0.05) is 6.42 Å². The van der Waals surface area contributed by atoms with Gasteiger partial charge < -0.3 is 9.15 Å². The maximum Gasteiger partial charge on any atom is 0.376 e. The van der Waals surface area contributed by atoms with Crippen LogP contribution in [0.2, 0.25) is 0 Å². The van der Waals surface area contributed by atoms with Gasteiger partial charge in [-0.1, -0.05) is 20.3 Å². The molecule has 1 aromatic rings. The summed E-state index contributed by atoms with van der Waals surface area (Å²) < 4.78 is 35.2. The number of oxazole rings is 1. The van der Waals surface area contributed by atoms with Gasteiger partial charge in [-0.2, -0.15) is 0 Å². The van der Waals surface area contributed by atoms with Gasteiger partial charge in [-0.05, 0) is 12.8 Å². The van der Waals surface area contributed by atoms with E-state index in [1.165, 1.54) is 0 Å². The number of hydrogen-bond acceptors (Lipinski definition) is 4. The lowest BCUT2D eigenvalue weighted by molar-refractivity contribution is 0.0473. The molecule has 0 N–H and O–H groups in total. The van der Waals surface area contributed by atoms with E-state index in [9.17, 15) is 13.6 Å². The van der Waals surface area contributed by atoms with Crippen LogP contribution in [0.1, 0.15) is 55.8 Å². The summed E-state index contributed by atoms with van der Waals surface area (Å²) in [4.78, 5) is 15.1. The van der Waals surface area contributed by atoms with E-state index in [0.29, 0.717) is 6.42 Å². The number of ether oxygens (including phenoxy) is 1. The minimum absolute atomic E-state index is 0.100. The van der Waals surface area contributed by atoms with Gasteiger partial charge in [-0.25, -0.2) is 18.6 Å². The van der Waals surface area contributed by atoms with Crippen LogP contribution in [0.25, 0.3) is 0 Å². The maximum atomic E-state index is 12.7. The van der Waals surface area contributed by atoms with Crippen molar-refractivity contribution in [1.29, 1.82) is 0 Å². The molecule has 1 atom stereocenters. The predicted molar refractivity (Wildman–Crippen MR) is 60.6 cm³/mol. The first-order chi connectivity index (χ1) is 8.49. The Kier molecular flexibility index (Phi) is 5.25. The van der Waals surface area contributed by atoms with E-state index < -0.39 is 23.8 Å². The molecule has 1 heterocycles. The first-order valence-electron chi connectivity index (χ1n) is 5.94. The molecule has 0 amide bonds. The molecule has 0 spiro atoms. The number of carbonyl (C=O) groups excluding carboxylic acids is 1. The highest BCUT2D eigenvalue weighted by Crippen LogP contribution is 2.25. The fourth-order valence-corrected chi connectivity index (χ4v) is 1.40. The molecule has 4 nitrogen and oxygen atoms in total. The molecule has 0 aromatic carbocycles. The van der Waals surface area contributed by atoms with Crippen molar-refractivity contribution in [2.75, 3.05) is 6.61 Å². The summed E-state index contributed by atoms with van der Waals surface area (Å²) in [6, 6.07) is 0. The zero-order chi connectivity index (χ0) is 13.7. The van der Waals surface area contributed by atoms with Gasteiger partial charge >= 0.3 is 5.97 Å². The third-order valence-electron chi connectivity index (χ3n) is 2.59. The summed E-state index contributed by atoms with van der Waals surface area (Å²) in [5.41, 5.74) is -0.633.